The van der Waals surface area contributed by atoms with Crippen molar-refractivity contribution in [2.45, 2.75) is 33.4 Å². The molecule has 0 aliphatic carbocycles. The number of hydrogen-bond acceptors (Lipinski definition) is 3. The summed E-state index contributed by atoms with van der Waals surface area (Å²) in [7, 11) is 0. The molecule has 2 heterocycles. The van der Waals surface area contributed by atoms with Crippen LogP contribution in [0.2, 0.25) is 5.15 Å². The second kappa shape index (κ2) is 5.40. The fourth-order valence-corrected chi connectivity index (χ4v) is 1.86. The number of rotatable bonds is 4. The van der Waals surface area contributed by atoms with Crippen LogP contribution in [-0.2, 0) is 6.54 Å². The van der Waals surface area contributed by atoms with Crippen LogP contribution in [0.15, 0.2) is 24.5 Å². The average molecular weight is 265 g/mol. The van der Waals surface area contributed by atoms with Crippen molar-refractivity contribution < 1.29 is 0 Å². The first-order chi connectivity index (χ1) is 8.56. The molecule has 2 aromatic rings. The highest BCUT2D eigenvalue weighted by atomic mass is 35.5. The summed E-state index contributed by atoms with van der Waals surface area (Å²) in [4.78, 5) is 4.20. The van der Waals surface area contributed by atoms with Crippen LogP contribution >= 0.6 is 11.6 Å². The van der Waals surface area contributed by atoms with Gasteiger partial charge in [0.25, 0.3) is 0 Å². The third-order valence-electron chi connectivity index (χ3n) is 2.72. The van der Waals surface area contributed by atoms with Crippen LogP contribution in [0.3, 0.4) is 0 Å². The van der Waals surface area contributed by atoms with Crippen molar-refractivity contribution in [2.75, 3.05) is 5.32 Å². The van der Waals surface area contributed by atoms with Crippen molar-refractivity contribution in [3.63, 3.8) is 0 Å². The van der Waals surface area contributed by atoms with Gasteiger partial charge in [0, 0.05) is 24.3 Å². The molecule has 0 saturated carbocycles. The molecule has 4 nitrogen and oxygen atoms in total. The van der Waals surface area contributed by atoms with Crippen LogP contribution in [-0.4, -0.2) is 14.8 Å². The molecule has 0 radical (unpaired) electrons. The molecule has 2 aromatic heterocycles. The number of pyridine rings is 1. The van der Waals surface area contributed by atoms with Crippen LogP contribution in [0, 0.1) is 6.92 Å². The topological polar surface area (TPSA) is 42.7 Å². The number of nitrogens with zero attached hydrogens (tertiary/aromatic N) is 3. The molecule has 18 heavy (non-hydrogen) atoms. The van der Waals surface area contributed by atoms with E-state index in [0.29, 0.717) is 11.2 Å². The van der Waals surface area contributed by atoms with E-state index in [0.717, 1.165) is 23.5 Å². The van der Waals surface area contributed by atoms with Gasteiger partial charge in [-0.25, -0.2) is 4.98 Å². The smallest absolute Gasteiger partial charge is 0.129 e. The predicted molar refractivity (Wildman–Crippen MR) is 73.9 cm³/mol. The number of hydrogen-bond donors (Lipinski definition) is 1. The number of nitrogens with one attached hydrogen (secondary N) is 1. The van der Waals surface area contributed by atoms with Gasteiger partial charge in [-0.1, -0.05) is 11.6 Å². The standard InChI is InChI=1S/C13H17ClN4/c1-9(2)18-8-11(7-16-18)6-15-12-4-5-13(14)17-10(12)3/h4-5,7-9,15H,6H2,1-3H3. The van der Waals surface area contributed by atoms with Gasteiger partial charge >= 0.3 is 0 Å². The van der Waals surface area contributed by atoms with E-state index >= 15 is 0 Å². The van der Waals surface area contributed by atoms with Crippen molar-refractivity contribution in [3.8, 4) is 0 Å². The van der Waals surface area contributed by atoms with Crippen LogP contribution in [0.4, 0.5) is 5.69 Å². The second-order valence-electron chi connectivity index (χ2n) is 4.54. The highest BCUT2D eigenvalue weighted by Gasteiger charge is 2.03. The van der Waals surface area contributed by atoms with Crippen molar-refractivity contribution in [2.24, 2.45) is 0 Å². The zero-order valence-corrected chi connectivity index (χ0v) is 11.6. The number of halogens is 1. The van der Waals surface area contributed by atoms with Crippen LogP contribution in [0.1, 0.15) is 31.1 Å². The minimum atomic E-state index is 0.387. The molecular formula is C13H17ClN4. The molecule has 0 aromatic carbocycles. The summed E-state index contributed by atoms with van der Waals surface area (Å²) in [5.41, 5.74) is 3.05. The number of anilines is 1. The van der Waals surface area contributed by atoms with E-state index < -0.39 is 0 Å². The highest BCUT2D eigenvalue weighted by molar-refractivity contribution is 6.29. The van der Waals surface area contributed by atoms with Gasteiger partial charge in [-0.05, 0) is 32.9 Å². The summed E-state index contributed by atoms with van der Waals surface area (Å²) in [5.74, 6) is 0. The normalized spacial score (nSPS) is 10.9. The van der Waals surface area contributed by atoms with E-state index in [1.807, 2.05) is 23.9 Å². The van der Waals surface area contributed by atoms with Crippen molar-refractivity contribution >= 4 is 17.3 Å². The highest BCUT2D eigenvalue weighted by Crippen LogP contribution is 2.16. The SMILES string of the molecule is Cc1nc(Cl)ccc1NCc1cnn(C(C)C)c1. The Kier molecular flexibility index (Phi) is 3.87. The summed E-state index contributed by atoms with van der Waals surface area (Å²) in [5, 5.41) is 8.16. The first kappa shape index (κ1) is 12.9. The van der Waals surface area contributed by atoms with Gasteiger partial charge in [0.15, 0.2) is 0 Å². The Hall–Kier alpha value is -1.55. The molecule has 0 unspecified atom stereocenters. The zero-order chi connectivity index (χ0) is 13.1. The molecule has 0 amide bonds. The lowest BCUT2D eigenvalue weighted by atomic mass is 10.3. The monoisotopic (exact) mass is 264 g/mol. The Morgan fingerprint density at radius 1 is 1.39 bits per heavy atom. The Morgan fingerprint density at radius 3 is 2.78 bits per heavy atom. The fourth-order valence-electron chi connectivity index (χ4n) is 1.67. The minimum absolute atomic E-state index is 0.387. The summed E-state index contributed by atoms with van der Waals surface area (Å²) < 4.78 is 1.95. The van der Waals surface area contributed by atoms with Gasteiger partial charge in [0.05, 0.1) is 17.6 Å². The van der Waals surface area contributed by atoms with Gasteiger partial charge in [-0.15, -0.1) is 0 Å². The maximum atomic E-state index is 5.82. The van der Waals surface area contributed by atoms with E-state index in [4.69, 9.17) is 11.6 Å². The summed E-state index contributed by atoms with van der Waals surface area (Å²) in [6.07, 6.45) is 3.93. The van der Waals surface area contributed by atoms with Crippen molar-refractivity contribution in [1.29, 1.82) is 0 Å². The Bertz CT molecular complexity index is 534. The average Bonchev–Trinajstić information content (AvgIpc) is 2.76. The molecule has 0 atom stereocenters. The van der Waals surface area contributed by atoms with E-state index in [-0.39, 0.29) is 0 Å². The van der Waals surface area contributed by atoms with Crippen LogP contribution in [0.5, 0.6) is 0 Å². The van der Waals surface area contributed by atoms with Gasteiger partial charge in [-0.2, -0.15) is 5.10 Å². The zero-order valence-electron chi connectivity index (χ0n) is 10.8. The van der Waals surface area contributed by atoms with Crippen LogP contribution < -0.4 is 5.32 Å². The molecule has 2 rings (SSSR count). The van der Waals surface area contributed by atoms with E-state index in [1.165, 1.54) is 0 Å². The third-order valence-corrected chi connectivity index (χ3v) is 2.93. The first-order valence-corrected chi connectivity index (χ1v) is 6.34. The molecule has 0 saturated heterocycles. The van der Waals surface area contributed by atoms with Gasteiger partial charge < -0.3 is 5.32 Å². The predicted octanol–water partition coefficient (Wildman–Crippen LogP) is 3.43. The lowest BCUT2D eigenvalue weighted by molar-refractivity contribution is 0.532. The molecule has 96 valence electrons. The van der Waals surface area contributed by atoms with Gasteiger partial charge in [-0.3, -0.25) is 4.68 Å². The quantitative estimate of drug-likeness (QED) is 0.861. The van der Waals surface area contributed by atoms with Crippen LogP contribution in [0.25, 0.3) is 0 Å². The first-order valence-electron chi connectivity index (χ1n) is 5.96. The van der Waals surface area contributed by atoms with E-state index in [2.05, 4.69) is 35.4 Å². The Labute approximate surface area is 112 Å². The number of aromatic nitrogens is 3. The maximum absolute atomic E-state index is 5.82. The molecule has 0 aliphatic heterocycles. The van der Waals surface area contributed by atoms with E-state index in [1.54, 1.807) is 6.07 Å². The second-order valence-corrected chi connectivity index (χ2v) is 4.93. The molecule has 1 N–H and O–H groups in total. The summed E-state index contributed by atoms with van der Waals surface area (Å²) >= 11 is 5.82. The molecule has 0 fully saturated rings. The minimum Gasteiger partial charge on any atom is -0.379 e. The summed E-state index contributed by atoms with van der Waals surface area (Å²) in [6, 6.07) is 4.11. The van der Waals surface area contributed by atoms with Crippen molar-refractivity contribution in [3.05, 3.63) is 40.9 Å². The molecule has 0 bridgehead atoms. The molecular weight excluding hydrogens is 248 g/mol. The summed E-state index contributed by atoms with van der Waals surface area (Å²) in [6.45, 7) is 6.89. The fraction of sp³-hybridized carbons (Fsp3) is 0.385. The largest absolute Gasteiger partial charge is 0.379 e. The Balaban J connectivity index is 2.02. The van der Waals surface area contributed by atoms with Gasteiger partial charge in [0.2, 0.25) is 0 Å². The van der Waals surface area contributed by atoms with Gasteiger partial charge in [0.1, 0.15) is 5.15 Å². The lowest BCUT2D eigenvalue weighted by Crippen LogP contribution is -2.02. The molecule has 0 aliphatic rings. The Morgan fingerprint density at radius 2 is 2.17 bits per heavy atom. The molecule has 5 heteroatoms. The third kappa shape index (κ3) is 3.01. The maximum Gasteiger partial charge on any atom is 0.129 e. The number of aryl methyl sites for hydroxylation is 1. The lowest BCUT2D eigenvalue weighted by Gasteiger charge is -2.08. The van der Waals surface area contributed by atoms with Crippen molar-refractivity contribution in [1.82, 2.24) is 14.8 Å². The van der Waals surface area contributed by atoms with E-state index in [9.17, 15) is 0 Å². The molecule has 0 spiro atoms.